The standard InChI is InChI=1S/C48H33N3O/c1-49-47(36-27-25-35(26-28-36)41-19-9-14-34-12-4-5-17-40(34)41)51-48(50-31-32-23-24-33-11-2-3-13-37(33)29-32)39-16-8-15-38(30-39)42-20-10-22-45-46(42)43-18-6-7-21-44(43)52-45/h2-30H,1,31H2/b50-48-,51-47-. The van der Waals surface area contributed by atoms with Gasteiger partial charge < -0.3 is 4.42 Å². The first-order valence-electron chi connectivity index (χ1n) is 17.4. The Morgan fingerprint density at radius 1 is 0.481 bits per heavy atom. The van der Waals surface area contributed by atoms with Crippen LogP contribution in [0.3, 0.4) is 0 Å². The van der Waals surface area contributed by atoms with Gasteiger partial charge in [0.05, 0.1) is 6.54 Å². The number of furan rings is 1. The molecule has 0 radical (unpaired) electrons. The molecule has 0 fully saturated rings. The van der Waals surface area contributed by atoms with Crippen LogP contribution in [0, 0.1) is 0 Å². The second-order valence-electron chi connectivity index (χ2n) is 12.9. The molecule has 9 rings (SSSR count). The van der Waals surface area contributed by atoms with Gasteiger partial charge >= 0.3 is 0 Å². The number of para-hydroxylation sites is 1. The number of fused-ring (bicyclic) bond motifs is 5. The molecule has 9 aromatic rings. The highest BCUT2D eigenvalue weighted by Crippen LogP contribution is 2.37. The lowest BCUT2D eigenvalue weighted by atomic mass is 9.97. The Hall–Kier alpha value is -6.91. The van der Waals surface area contributed by atoms with E-state index in [9.17, 15) is 0 Å². The zero-order valence-electron chi connectivity index (χ0n) is 28.4. The number of hydrogen-bond donors (Lipinski definition) is 0. The molecule has 0 unspecified atom stereocenters. The molecule has 0 atom stereocenters. The van der Waals surface area contributed by atoms with Crippen molar-refractivity contribution in [2.75, 3.05) is 0 Å². The van der Waals surface area contributed by atoms with Crippen molar-refractivity contribution in [2.45, 2.75) is 6.54 Å². The summed E-state index contributed by atoms with van der Waals surface area (Å²) in [4.78, 5) is 14.7. The summed E-state index contributed by atoms with van der Waals surface area (Å²) < 4.78 is 6.22. The molecule has 0 N–H and O–H groups in total. The number of amidine groups is 2. The summed E-state index contributed by atoms with van der Waals surface area (Å²) in [5.74, 6) is 1.09. The Kier molecular flexibility index (Phi) is 8.03. The predicted octanol–water partition coefficient (Wildman–Crippen LogP) is 12.3. The zero-order valence-corrected chi connectivity index (χ0v) is 28.4. The fraction of sp³-hybridized carbons (Fsp3) is 0.0208. The SMILES string of the molecule is C=N/C(=N\C(=N/Cc1ccc2ccccc2c1)c1cccc(-c2cccc3oc4ccccc4c23)c1)c1ccc(-c2cccc3ccccc23)cc1. The summed E-state index contributed by atoms with van der Waals surface area (Å²) in [6, 6.07) is 60.9. The van der Waals surface area contributed by atoms with E-state index in [2.05, 4.69) is 163 Å². The number of rotatable bonds is 6. The van der Waals surface area contributed by atoms with Gasteiger partial charge in [-0.1, -0.05) is 152 Å². The van der Waals surface area contributed by atoms with E-state index in [1.165, 1.54) is 27.1 Å². The fourth-order valence-corrected chi connectivity index (χ4v) is 7.10. The lowest BCUT2D eigenvalue weighted by Crippen LogP contribution is -2.06. The van der Waals surface area contributed by atoms with Crippen molar-refractivity contribution >= 4 is 61.9 Å². The average Bonchev–Trinajstić information content (AvgIpc) is 3.60. The van der Waals surface area contributed by atoms with Gasteiger partial charge in [-0.05, 0) is 80.3 Å². The summed E-state index contributed by atoms with van der Waals surface area (Å²) in [7, 11) is 0. The van der Waals surface area contributed by atoms with Crippen molar-refractivity contribution < 1.29 is 4.42 Å². The molecule has 0 amide bonds. The third-order valence-corrected chi connectivity index (χ3v) is 9.66. The maximum absolute atomic E-state index is 6.22. The minimum Gasteiger partial charge on any atom is -0.456 e. The Labute approximate surface area is 301 Å². The maximum Gasteiger partial charge on any atom is 0.161 e. The molecule has 0 spiro atoms. The number of aliphatic imine (C=N–C) groups is 3. The van der Waals surface area contributed by atoms with Gasteiger partial charge in [-0.3, -0.25) is 4.99 Å². The maximum atomic E-state index is 6.22. The first-order valence-corrected chi connectivity index (χ1v) is 17.4. The monoisotopic (exact) mass is 667 g/mol. The third kappa shape index (κ3) is 5.86. The molecule has 0 aliphatic heterocycles. The molecule has 0 aliphatic carbocycles. The van der Waals surface area contributed by atoms with E-state index in [1.807, 2.05) is 24.3 Å². The summed E-state index contributed by atoms with van der Waals surface area (Å²) >= 11 is 0. The van der Waals surface area contributed by atoms with Crippen LogP contribution in [0.1, 0.15) is 16.7 Å². The topological polar surface area (TPSA) is 50.2 Å². The Morgan fingerprint density at radius 3 is 2.04 bits per heavy atom. The van der Waals surface area contributed by atoms with Crippen LogP contribution >= 0.6 is 0 Å². The molecule has 4 heteroatoms. The molecule has 1 heterocycles. The minimum absolute atomic E-state index is 0.459. The summed E-state index contributed by atoms with van der Waals surface area (Å²) in [5.41, 5.74) is 9.04. The van der Waals surface area contributed by atoms with Gasteiger partial charge in [-0.2, -0.15) is 0 Å². The van der Waals surface area contributed by atoms with Gasteiger partial charge in [0, 0.05) is 21.9 Å². The first-order chi connectivity index (χ1) is 25.7. The van der Waals surface area contributed by atoms with Gasteiger partial charge in [0.1, 0.15) is 11.2 Å². The zero-order chi connectivity index (χ0) is 34.9. The van der Waals surface area contributed by atoms with Crippen LogP contribution in [0.15, 0.2) is 195 Å². The summed E-state index contributed by atoms with van der Waals surface area (Å²) in [5, 5.41) is 7.00. The minimum atomic E-state index is 0.459. The molecular weight excluding hydrogens is 635 g/mol. The molecule has 0 saturated carbocycles. The summed E-state index contributed by atoms with van der Waals surface area (Å²) in [6.45, 7) is 4.39. The highest BCUT2D eigenvalue weighted by Gasteiger charge is 2.15. The molecule has 0 bridgehead atoms. The second-order valence-corrected chi connectivity index (χ2v) is 12.9. The van der Waals surface area contributed by atoms with E-state index >= 15 is 0 Å². The van der Waals surface area contributed by atoms with Crippen LogP contribution in [-0.4, -0.2) is 18.4 Å². The largest absolute Gasteiger partial charge is 0.456 e. The lowest BCUT2D eigenvalue weighted by molar-refractivity contribution is 0.669. The Bertz CT molecular complexity index is 2840. The Morgan fingerprint density at radius 2 is 1.17 bits per heavy atom. The summed E-state index contributed by atoms with van der Waals surface area (Å²) in [6.07, 6.45) is 0. The van der Waals surface area contributed by atoms with Gasteiger partial charge in [-0.15, -0.1) is 0 Å². The van der Waals surface area contributed by atoms with Crippen molar-refractivity contribution in [3.8, 4) is 22.3 Å². The van der Waals surface area contributed by atoms with Crippen molar-refractivity contribution in [1.29, 1.82) is 0 Å². The predicted molar refractivity (Wildman–Crippen MR) is 219 cm³/mol. The van der Waals surface area contributed by atoms with Crippen molar-refractivity contribution in [3.05, 3.63) is 193 Å². The third-order valence-electron chi connectivity index (χ3n) is 9.66. The highest BCUT2D eigenvalue weighted by molar-refractivity contribution is 6.15. The first kappa shape index (κ1) is 31.1. The Balaban J connectivity index is 1.13. The van der Waals surface area contributed by atoms with Gasteiger partial charge in [0.25, 0.3) is 0 Å². The smallest absolute Gasteiger partial charge is 0.161 e. The quantitative estimate of drug-likeness (QED) is 0.129. The van der Waals surface area contributed by atoms with Crippen molar-refractivity contribution in [2.24, 2.45) is 15.0 Å². The molecule has 0 aliphatic rings. The average molecular weight is 668 g/mol. The number of nitrogens with zero attached hydrogens (tertiary/aromatic N) is 3. The van der Waals surface area contributed by atoms with E-state index in [0.29, 0.717) is 18.2 Å². The molecular formula is C48H33N3O. The van der Waals surface area contributed by atoms with Crippen LogP contribution in [0.4, 0.5) is 0 Å². The number of benzene rings is 8. The van der Waals surface area contributed by atoms with E-state index in [1.54, 1.807) is 0 Å². The van der Waals surface area contributed by atoms with E-state index in [-0.39, 0.29) is 0 Å². The highest BCUT2D eigenvalue weighted by atomic mass is 16.3. The van der Waals surface area contributed by atoms with Crippen LogP contribution in [0.5, 0.6) is 0 Å². The van der Waals surface area contributed by atoms with Crippen molar-refractivity contribution in [3.63, 3.8) is 0 Å². The molecule has 246 valence electrons. The fourth-order valence-electron chi connectivity index (χ4n) is 7.10. The van der Waals surface area contributed by atoms with Gasteiger partial charge in [-0.25, -0.2) is 9.98 Å². The van der Waals surface area contributed by atoms with E-state index < -0.39 is 0 Å². The van der Waals surface area contributed by atoms with Crippen LogP contribution < -0.4 is 0 Å². The van der Waals surface area contributed by atoms with E-state index in [0.717, 1.165) is 55.3 Å². The van der Waals surface area contributed by atoms with Gasteiger partial charge in [0.2, 0.25) is 0 Å². The lowest BCUT2D eigenvalue weighted by Gasteiger charge is -2.10. The second kappa shape index (κ2) is 13.4. The molecule has 1 aromatic heterocycles. The van der Waals surface area contributed by atoms with Crippen LogP contribution in [0.25, 0.3) is 65.7 Å². The van der Waals surface area contributed by atoms with Gasteiger partial charge in [0.15, 0.2) is 11.7 Å². The van der Waals surface area contributed by atoms with Crippen molar-refractivity contribution in [1.82, 2.24) is 0 Å². The molecule has 4 nitrogen and oxygen atoms in total. The van der Waals surface area contributed by atoms with Crippen LogP contribution in [0.2, 0.25) is 0 Å². The van der Waals surface area contributed by atoms with Crippen LogP contribution in [-0.2, 0) is 6.54 Å². The molecule has 0 saturated heterocycles. The normalized spacial score (nSPS) is 12.2. The molecule has 52 heavy (non-hydrogen) atoms. The van der Waals surface area contributed by atoms with E-state index in [4.69, 9.17) is 14.4 Å². The number of hydrogen-bond acceptors (Lipinski definition) is 2. The molecule has 8 aromatic carbocycles.